The molecule has 1 N–H and O–H groups in total. The molecule has 1 rings (SSSR count). The van der Waals surface area contributed by atoms with Crippen LogP contribution in [0.2, 0.25) is 0 Å². The third-order valence-corrected chi connectivity index (χ3v) is 6.40. The molecule has 1 fully saturated rings. The van der Waals surface area contributed by atoms with Crippen LogP contribution in [0.1, 0.15) is 104 Å². The summed E-state index contributed by atoms with van der Waals surface area (Å²) in [6, 6.07) is 0. The Morgan fingerprint density at radius 3 is 1.50 bits per heavy atom. The van der Waals surface area contributed by atoms with Crippen LogP contribution in [0.3, 0.4) is 0 Å². The standard InChI is InChI=1S/C21H44NO.C2H6O4S/c1-3-4-5-6-7-8-9-10-11-12-13-14-15-16-17-22(2)18-20-23-21-19-22;1-2-6-7(3,4)5/h3-21H2,1-2H3;2H2,1H3,(H,3,4,5)/q+1;. The summed E-state index contributed by atoms with van der Waals surface area (Å²) in [6.45, 7) is 9.47. The average molecular weight is 453 g/mol. The van der Waals surface area contributed by atoms with Crippen LogP contribution >= 0.6 is 0 Å². The number of likely N-dealkylation sites (N-methyl/N-ethyl adjacent to an activating group) is 1. The molecule has 0 saturated carbocycles. The van der Waals surface area contributed by atoms with E-state index in [1.165, 1.54) is 121 Å². The first-order valence-corrected chi connectivity index (χ1v) is 13.7. The van der Waals surface area contributed by atoms with Crippen molar-refractivity contribution in [1.29, 1.82) is 0 Å². The molecule has 0 radical (unpaired) electrons. The van der Waals surface area contributed by atoms with E-state index >= 15 is 0 Å². The molecule has 0 atom stereocenters. The molecule has 0 aromatic rings. The van der Waals surface area contributed by atoms with Crippen LogP contribution in [-0.4, -0.2) is 64.0 Å². The molecule has 0 amide bonds. The number of nitrogens with zero attached hydrogens (tertiary/aromatic N) is 1. The van der Waals surface area contributed by atoms with Gasteiger partial charge >= 0.3 is 10.4 Å². The Morgan fingerprint density at radius 1 is 0.767 bits per heavy atom. The Hall–Kier alpha value is -0.210. The number of unbranched alkanes of at least 4 members (excludes halogenated alkanes) is 13. The molecule has 0 unspecified atom stereocenters. The number of quaternary nitrogens is 1. The van der Waals surface area contributed by atoms with E-state index < -0.39 is 10.4 Å². The monoisotopic (exact) mass is 452 g/mol. The summed E-state index contributed by atoms with van der Waals surface area (Å²) in [5, 5.41) is 0. The van der Waals surface area contributed by atoms with Crippen molar-refractivity contribution in [2.75, 3.05) is 46.5 Å². The highest BCUT2D eigenvalue weighted by atomic mass is 32.3. The van der Waals surface area contributed by atoms with Crippen LogP contribution in [0.5, 0.6) is 0 Å². The topological polar surface area (TPSA) is 72.8 Å². The van der Waals surface area contributed by atoms with Crippen molar-refractivity contribution in [3.63, 3.8) is 0 Å². The molecule has 0 aromatic heterocycles. The molecule has 1 heterocycles. The molecule has 7 heteroatoms. The number of hydrogen-bond donors (Lipinski definition) is 1. The van der Waals surface area contributed by atoms with Gasteiger partial charge in [-0.15, -0.1) is 0 Å². The highest BCUT2D eigenvalue weighted by molar-refractivity contribution is 7.80. The molecule has 0 aliphatic carbocycles. The van der Waals surface area contributed by atoms with Gasteiger partial charge in [0.1, 0.15) is 13.1 Å². The van der Waals surface area contributed by atoms with Crippen LogP contribution in [0.4, 0.5) is 0 Å². The molecule has 0 spiro atoms. The van der Waals surface area contributed by atoms with Crippen molar-refractivity contribution in [2.24, 2.45) is 0 Å². The van der Waals surface area contributed by atoms with Crippen LogP contribution in [0.25, 0.3) is 0 Å². The van der Waals surface area contributed by atoms with Gasteiger partial charge in [0.25, 0.3) is 0 Å². The highest BCUT2D eigenvalue weighted by Crippen LogP contribution is 2.14. The summed E-state index contributed by atoms with van der Waals surface area (Å²) < 4.78 is 37.4. The molecule has 0 aromatic carbocycles. The van der Waals surface area contributed by atoms with Crippen molar-refractivity contribution in [3.05, 3.63) is 0 Å². The van der Waals surface area contributed by atoms with Crippen LogP contribution in [0, 0.1) is 0 Å². The Balaban J connectivity index is 0.00000103. The molecule has 6 nitrogen and oxygen atoms in total. The third-order valence-electron chi connectivity index (χ3n) is 5.87. The lowest BCUT2D eigenvalue weighted by Gasteiger charge is -2.37. The zero-order chi connectivity index (χ0) is 22.6. The zero-order valence-electron chi connectivity index (χ0n) is 20.1. The van der Waals surface area contributed by atoms with Crippen molar-refractivity contribution in [3.8, 4) is 0 Å². The maximum atomic E-state index is 9.56. The zero-order valence-corrected chi connectivity index (χ0v) is 20.9. The van der Waals surface area contributed by atoms with E-state index in [2.05, 4.69) is 18.2 Å². The predicted molar refractivity (Wildman–Crippen MR) is 125 cm³/mol. The molecule has 182 valence electrons. The lowest BCUT2D eigenvalue weighted by Crippen LogP contribution is -2.52. The fourth-order valence-corrected chi connectivity index (χ4v) is 4.14. The first-order valence-electron chi connectivity index (χ1n) is 12.4. The molecule has 30 heavy (non-hydrogen) atoms. The first kappa shape index (κ1) is 29.8. The van der Waals surface area contributed by atoms with Crippen LogP contribution < -0.4 is 0 Å². The second-order valence-corrected chi connectivity index (χ2v) is 9.92. The Bertz CT molecular complexity index is 464. The van der Waals surface area contributed by atoms with E-state index in [9.17, 15) is 8.42 Å². The van der Waals surface area contributed by atoms with E-state index in [4.69, 9.17) is 9.29 Å². The van der Waals surface area contributed by atoms with Crippen molar-refractivity contribution in [2.45, 2.75) is 104 Å². The van der Waals surface area contributed by atoms with Gasteiger partial charge in [0, 0.05) is 0 Å². The normalized spacial score (nSPS) is 16.1. The summed E-state index contributed by atoms with van der Waals surface area (Å²) in [4.78, 5) is 0. The number of hydrogen-bond acceptors (Lipinski definition) is 4. The quantitative estimate of drug-likeness (QED) is 0.172. The summed E-state index contributed by atoms with van der Waals surface area (Å²) >= 11 is 0. The van der Waals surface area contributed by atoms with Gasteiger partial charge < -0.3 is 9.22 Å². The molecular formula is C23H50NO5S+. The fourth-order valence-electron chi connectivity index (χ4n) is 3.84. The van der Waals surface area contributed by atoms with Gasteiger partial charge in [-0.1, -0.05) is 84.0 Å². The second-order valence-electron chi connectivity index (χ2n) is 8.83. The molecule has 1 saturated heterocycles. The summed E-state index contributed by atoms with van der Waals surface area (Å²) in [5.74, 6) is 0. The Morgan fingerprint density at radius 2 is 1.17 bits per heavy atom. The maximum absolute atomic E-state index is 9.56. The second kappa shape index (κ2) is 19.5. The van der Waals surface area contributed by atoms with E-state index in [0.717, 1.165) is 13.2 Å². The largest absolute Gasteiger partial charge is 0.397 e. The van der Waals surface area contributed by atoms with Crippen molar-refractivity contribution < 1.29 is 26.4 Å². The van der Waals surface area contributed by atoms with E-state index in [0.29, 0.717) is 0 Å². The first-order chi connectivity index (χ1) is 14.3. The van der Waals surface area contributed by atoms with Gasteiger partial charge in [0.2, 0.25) is 0 Å². The van der Waals surface area contributed by atoms with Gasteiger partial charge in [-0.2, -0.15) is 8.42 Å². The lowest BCUT2D eigenvalue weighted by atomic mass is 10.0. The minimum Gasteiger partial charge on any atom is -0.370 e. The van der Waals surface area contributed by atoms with E-state index in [1.807, 2.05) is 0 Å². The van der Waals surface area contributed by atoms with Gasteiger partial charge in [-0.3, -0.25) is 4.55 Å². The smallest absolute Gasteiger partial charge is 0.370 e. The number of ether oxygens (including phenoxy) is 1. The lowest BCUT2D eigenvalue weighted by molar-refractivity contribution is -0.917. The average Bonchev–Trinajstić information content (AvgIpc) is 2.68. The summed E-state index contributed by atoms with van der Waals surface area (Å²) in [7, 11) is -1.77. The fraction of sp³-hybridized carbons (Fsp3) is 1.00. The van der Waals surface area contributed by atoms with Crippen LogP contribution in [0.15, 0.2) is 0 Å². The highest BCUT2D eigenvalue weighted by Gasteiger charge is 2.24. The van der Waals surface area contributed by atoms with Crippen molar-refractivity contribution in [1.82, 2.24) is 0 Å². The molecule has 0 bridgehead atoms. The SMILES string of the molecule is CCCCCCCCCCCCCCCC[N+]1(C)CCOCC1.CCOS(=O)(=O)O. The van der Waals surface area contributed by atoms with E-state index in [-0.39, 0.29) is 6.61 Å². The maximum Gasteiger partial charge on any atom is 0.397 e. The summed E-state index contributed by atoms with van der Waals surface area (Å²) in [5.41, 5.74) is 0. The Labute approximate surface area is 187 Å². The third kappa shape index (κ3) is 21.0. The summed E-state index contributed by atoms with van der Waals surface area (Å²) in [6.07, 6.45) is 20.3. The molecule has 1 aliphatic heterocycles. The van der Waals surface area contributed by atoms with Gasteiger partial charge in [-0.25, -0.2) is 4.18 Å². The van der Waals surface area contributed by atoms with Gasteiger partial charge in [0.15, 0.2) is 0 Å². The minimum atomic E-state index is -4.17. The Kier molecular flexibility index (Phi) is 19.3. The van der Waals surface area contributed by atoms with Gasteiger partial charge in [0.05, 0.1) is 33.4 Å². The van der Waals surface area contributed by atoms with Gasteiger partial charge in [-0.05, 0) is 19.8 Å². The number of morpholine rings is 1. The van der Waals surface area contributed by atoms with Crippen LogP contribution in [-0.2, 0) is 19.3 Å². The van der Waals surface area contributed by atoms with Crippen molar-refractivity contribution >= 4 is 10.4 Å². The van der Waals surface area contributed by atoms with E-state index in [1.54, 1.807) is 0 Å². The molecular weight excluding hydrogens is 402 g/mol. The number of rotatable bonds is 17. The molecule has 1 aliphatic rings. The minimum absolute atomic E-state index is 0.0289. The predicted octanol–water partition coefficient (Wildman–Crippen LogP) is 5.77.